The molecule has 5 rings (SSSR count). The summed E-state index contributed by atoms with van der Waals surface area (Å²) in [6.45, 7) is 4.86. The van der Waals surface area contributed by atoms with Gasteiger partial charge in [0.15, 0.2) is 0 Å². The van der Waals surface area contributed by atoms with E-state index in [-0.39, 0.29) is 0 Å². The van der Waals surface area contributed by atoms with Gasteiger partial charge < -0.3 is 9.73 Å². The van der Waals surface area contributed by atoms with Crippen molar-refractivity contribution in [3.05, 3.63) is 36.9 Å². The normalized spacial score (nSPS) is 31.3. The Hall–Kier alpha value is -1.81. The maximum absolute atomic E-state index is 5.12. The molecule has 2 unspecified atom stereocenters. The van der Waals surface area contributed by atoms with Crippen molar-refractivity contribution in [2.75, 3.05) is 18.4 Å². The van der Waals surface area contributed by atoms with Crippen molar-refractivity contribution in [3.8, 4) is 11.1 Å². The highest BCUT2D eigenvalue weighted by Gasteiger charge is 2.39. The summed E-state index contributed by atoms with van der Waals surface area (Å²) in [4.78, 5) is 7.17. The Kier molecular flexibility index (Phi) is 3.19. The van der Waals surface area contributed by atoms with Crippen LogP contribution in [0.2, 0.25) is 0 Å². The van der Waals surface area contributed by atoms with Crippen LogP contribution in [0.25, 0.3) is 11.1 Å². The van der Waals surface area contributed by atoms with E-state index in [1.807, 2.05) is 12.3 Å². The van der Waals surface area contributed by atoms with Crippen LogP contribution >= 0.6 is 0 Å². The van der Waals surface area contributed by atoms with Gasteiger partial charge in [0.1, 0.15) is 5.82 Å². The first kappa shape index (κ1) is 12.9. The Morgan fingerprint density at radius 3 is 2.67 bits per heavy atom. The minimum atomic E-state index is 0.528. The maximum atomic E-state index is 5.12. The molecule has 2 atom stereocenters. The molecule has 0 spiro atoms. The molecule has 2 aromatic heterocycles. The summed E-state index contributed by atoms with van der Waals surface area (Å²) in [5.41, 5.74) is 2.17. The summed E-state index contributed by atoms with van der Waals surface area (Å²) in [6.07, 6.45) is 7.99. The van der Waals surface area contributed by atoms with Gasteiger partial charge in [-0.25, -0.2) is 4.98 Å². The summed E-state index contributed by atoms with van der Waals surface area (Å²) in [6, 6.07) is 7.27. The molecule has 4 heteroatoms. The largest absolute Gasteiger partial charge is 0.472 e. The van der Waals surface area contributed by atoms with E-state index in [2.05, 4.69) is 34.3 Å². The number of hydrogen-bond acceptors (Lipinski definition) is 4. The van der Waals surface area contributed by atoms with Gasteiger partial charge in [0, 0.05) is 29.4 Å². The number of anilines is 1. The lowest BCUT2D eigenvalue weighted by Gasteiger charge is -2.50. The Bertz CT molecular complexity index is 583. The molecule has 110 valence electrons. The lowest BCUT2D eigenvalue weighted by atomic mass is 9.79. The second-order valence-electron chi connectivity index (χ2n) is 6.23. The van der Waals surface area contributed by atoms with Gasteiger partial charge in [0.05, 0.1) is 12.5 Å². The first-order valence-corrected chi connectivity index (χ1v) is 7.80. The molecule has 3 saturated heterocycles. The van der Waals surface area contributed by atoms with Crippen molar-refractivity contribution >= 4 is 5.82 Å². The van der Waals surface area contributed by atoms with Crippen molar-refractivity contribution in [3.63, 3.8) is 0 Å². The van der Waals surface area contributed by atoms with Gasteiger partial charge in [0.2, 0.25) is 0 Å². The lowest BCUT2D eigenvalue weighted by molar-refractivity contribution is 0.0457. The Labute approximate surface area is 125 Å². The zero-order valence-corrected chi connectivity index (χ0v) is 12.3. The van der Waals surface area contributed by atoms with Gasteiger partial charge in [-0.3, -0.25) is 4.90 Å². The van der Waals surface area contributed by atoms with Crippen LogP contribution in [-0.4, -0.2) is 35.1 Å². The van der Waals surface area contributed by atoms with Gasteiger partial charge in [-0.05, 0) is 57.0 Å². The third kappa shape index (κ3) is 2.33. The monoisotopic (exact) mass is 283 g/mol. The number of aromatic nitrogens is 1. The van der Waals surface area contributed by atoms with Crippen LogP contribution < -0.4 is 5.32 Å². The highest BCUT2D eigenvalue weighted by molar-refractivity contribution is 5.62. The SMILES string of the molecule is CC1C(Nc2ccc(-c3ccoc3)cn2)C2CCN1CC2. The predicted molar refractivity (Wildman–Crippen MR) is 83.1 cm³/mol. The van der Waals surface area contributed by atoms with Gasteiger partial charge in [-0.1, -0.05) is 0 Å². The van der Waals surface area contributed by atoms with E-state index in [1.165, 1.54) is 25.9 Å². The van der Waals surface area contributed by atoms with E-state index >= 15 is 0 Å². The smallest absolute Gasteiger partial charge is 0.126 e. The minimum absolute atomic E-state index is 0.528. The molecule has 4 nitrogen and oxygen atoms in total. The van der Waals surface area contributed by atoms with Crippen LogP contribution in [0.1, 0.15) is 19.8 Å². The number of pyridine rings is 1. The van der Waals surface area contributed by atoms with Crippen LogP contribution in [0.4, 0.5) is 5.82 Å². The number of hydrogen-bond donors (Lipinski definition) is 1. The number of piperidine rings is 3. The standard InChI is InChI=1S/C17H21N3O/c1-12-17(13-4-7-20(12)8-5-13)19-16-3-2-14(10-18-16)15-6-9-21-11-15/h2-3,6,9-13,17H,4-5,7-8H2,1H3,(H,18,19). The molecule has 0 aliphatic carbocycles. The average Bonchev–Trinajstić information content (AvgIpc) is 3.06. The fraction of sp³-hybridized carbons (Fsp3) is 0.471. The number of furan rings is 1. The van der Waals surface area contributed by atoms with Crippen LogP contribution in [0.3, 0.4) is 0 Å². The quantitative estimate of drug-likeness (QED) is 0.939. The first-order chi connectivity index (χ1) is 10.3. The molecular weight excluding hydrogens is 262 g/mol. The number of nitrogens with zero attached hydrogens (tertiary/aromatic N) is 2. The van der Waals surface area contributed by atoms with Crippen molar-refractivity contribution < 1.29 is 4.42 Å². The molecule has 2 aromatic rings. The van der Waals surface area contributed by atoms with E-state index in [0.29, 0.717) is 12.1 Å². The zero-order valence-electron chi connectivity index (χ0n) is 12.3. The highest BCUT2D eigenvalue weighted by Crippen LogP contribution is 2.34. The topological polar surface area (TPSA) is 41.3 Å². The number of nitrogens with one attached hydrogen (secondary N) is 1. The molecule has 0 aromatic carbocycles. The summed E-state index contributed by atoms with van der Waals surface area (Å²) in [5.74, 6) is 1.77. The summed E-state index contributed by atoms with van der Waals surface area (Å²) in [5, 5.41) is 3.66. The Morgan fingerprint density at radius 2 is 2.05 bits per heavy atom. The molecule has 0 amide bonds. The molecule has 1 N–H and O–H groups in total. The van der Waals surface area contributed by atoms with Crippen molar-refractivity contribution in [1.29, 1.82) is 0 Å². The molecule has 2 bridgehead atoms. The molecule has 0 radical (unpaired) electrons. The molecule has 21 heavy (non-hydrogen) atoms. The van der Waals surface area contributed by atoms with Crippen molar-refractivity contribution in [2.45, 2.75) is 31.8 Å². The van der Waals surface area contributed by atoms with Crippen LogP contribution in [0, 0.1) is 5.92 Å². The van der Waals surface area contributed by atoms with E-state index in [9.17, 15) is 0 Å². The van der Waals surface area contributed by atoms with Crippen LogP contribution in [0.5, 0.6) is 0 Å². The third-order valence-corrected chi connectivity index (χ3v) is 5.11. The molecule has 0 saturated carbocycles. The van der Waals surface area contributed by atoms with Crippen molar-refractivity contribution in [1.82, 2.24) is 9.88 Å². The second-order valence-corrected chi connectivity index (χ2v) is 6.23. The summed E-state index contributed by atoms with van der Waals surface area (Å²) >= 11 is 0. The Morgan fingerprint density at radius 1 is 1.19 bits per heavy atom. The molecule has 3 fully saturated rings. The maximum Gasteiger partial charge on any atom is 0.126 e. The van der Waals surface area contributed by atoms with Gasteiger partial charge >= 0.3 is 0 Å². The van der Waals surface area contributed by atoms with Gasteiger partial charge in [-0.15, -0.1) is 0 Å². The number of fused-ring (bicyclic) bond motifs is 3. The van der Waals surface area contributed by atoms with Crippen LogP contribution in [0.15, 0.2) is 41.3 Å². The highest BCUT2D eigenvalue weighted by atomic mass is 16.3. The van der Waals surface area contributed by atoms with E-state index in [1.54, 1.807) is 12.5 Å². The molecule has 3 aliphatic rings. The third-order valence-electron chi connectivity index (χ3n) is 5.11. The molecular formula is C17H21N3O. The number of rotatable bonds is 3. The average molecular weight is 283 g/mol. The fourth-order valence-corrected chi connectivity index (χ4v) is 3.79. The first-order valence-electron chi connectivity index (χ1n) is 7.80. The lowest BCUT2D eigenvalue weighted by Crippen LogP contribution is -2.59. The van der Waals surface area contributed by atoms with E-state index in [4.69, 9.17) is 4.42 Å². The van der Waals surface area contributed by atoms with Crippen molar-refractivity contribution in [2.24, 2.45) is 5.92 Å². The molecule has 5 heterocycles. The van der Waals surface area contributed by atoms with Crippen LogP contribution in [-0.2, 0) is 0 Å². The van der Waals surface area contributed by atoms with Gasteiger partial charge in [-0.2, -0.15) is 0 Å². The summed E-state index contributed by atoms with van der Waals surface area (Å²) < 4.78 is 5.12. The Balaban J connectivity index is 1.50. The predicted octanol–water partition coefficient (Wildman–Crippen LogP) is 3.24. The minimum Gasteiger partial charge on any atom is -0.472 e. The van der Waals surface area contributed by atoms with Gasteiger partial charge in [0.25, 0.3) is 0 Å². The van der Waals surface area contributed by atoms with E-state index < -0.39 is 0 Å². The summed E-state index contributed by atoms with van der Waals surface area (Å²) in [7, 11) is 0. The fourth-order valence-electron chi connectivity index (χ4n) is 3.79. The zero-order chi connectivity index (χ0) is 14.2. The van der Waals surface area contributed by atoms with E-state index in [0.717, 1.165) is 22.9 Å². The molecule has 3 aliphatic heterocycles. The second kappa shape index (κ2) is 5.19.